The first-order valence-corrected chi connectivity index (χ1v) is 7.10. The van der Waals surface area contributed by atoms with Crippen molar-refractivity contribution in [1.82, 2.24) is 10.3 Å². The number of aromatic nitrogens is 1. The normalized spacial score (nSPS) is 16.3. The lowest BCUT2D eigenvalue weighted by Gasteiger charge is -2.11. The van der Waals surface area contributed by atoms with Gasteiger partial charge in [-0.15, -0.1) is 0 Å². The number of halogens is 1. The third-order valence-corrected chi connectivity index (χ3v) is 3.49. The highest BCUT2D eigenvalue weighted by Crippen LogP contribution is 2.18. The fraction of sp³-hybridized carbons (Fsp3) is 0.615. The highest BCUT2D eigenvalue weighted by molar-refractivity contribution is 9.10. The van der Waals surface area contributed by atoms with E-state index in [4.69, 9.17) is 4.74 Å². The van der Waals surface area contributed by atoms with Gasteiger partial charge in [-0.05, 0) is 47.8 Å². The molecule has 1 fully saturated rings. The third-order valence-electron chi connectivity index (χ3n) is 3.06. The Morgan fingerprint density at radius 1 is 1.35 bits per heavy atom. The maximum Gasteiger partial charge on any atom is 0.138 e. The minimum absolute atomic E-state index is 0.748. The fourth-order valence-electron chi connectivity index (χ4n) is 2.17. The van der Waals surface area contributed by atoms with Crippen LogP contribution in [0.3, 0.4) is 0 Å². The molecule has 3 nitrogen and oxygen atoms in total. The Morgan fingerprint density at radius 2 is 2.18 bits per heavy atom. The summed E-state index contributed by atoms with van der Waals surface area (Å²) in [4.78, 5) is 4.06. The Hall–Kier alpha value is -0.610. The summed E-state index contributed by atoms with van der Waals surface area (Å²) in [7, 11) is 0. The average Bonchev–Trinajstić information content (AvgIpc) is 2.82. The Labute approximate surface area is 111 Å². The van der Waals surface area contributed by atoms with Crippen molar-refractivity contribution >= 4 is 15.9 Å². The molecule has 0 radical (unpaired) electrons. The van der Waals surface area contributed by atoms with E-state index < -0.39 is 0 Å². The van der Waals surface area contributed by atoms with Crippen molar-refractivity contribution in [3.63, 3.8) is 0 Å². The molecule has 1 heterocycles. The SMILES string of the molecule is Brc1cncc(OCCCNC2CCCC2)c1. The van der Waals surface area contributed by atoms with E-state index in [0.717, 1.165) is 35.8 Å². The molecule has 1 N–H and O–H groups in total. The van der Waals surface area contributed by atoms with Crippen molar-refractivity contribution < 1.29 is 4.74 Å². The van der Waals surface area contributed by atoms with Crippen molar-refractivity contribution in [1.29, 1.82) is 0 Å². The van der Waals surface area contributed by atoms with Gasteiger partial charge in [0.25, 0.3) is 0 Å². The van der Waals surface area contributed by atoms with E-state index in [1.165, 1.54) is 25.7 Å². The summed E-state index contributed by atoms with van der Waals surface area (Å²) in [6, 6.07) is 2.69. The largest absolute Gasteiger partial charge is 0.492 e. The number of hydrogen-bond acceptors (Lipinski definition) is 3. The molecule has 0 saturated heterocycles. The van der Waals surface area contributed by atoms with E-state index in [1.807, 2.05) is 6.07 Å². The van der Waals surface area contributed by atoms with E-state index in [1.54, 1.807) is 12.4 Å². The first-order valence-electron chi connectivity index (χ1n) is 6.31. The topological polar surface area (TPSA) is 34.1 Å². The number of nitrogens with one attached hydrogen (secondary N) is 1. The molecular formula is C13H19BrN2O. The molecule has 1 saturated carbocycles. The molecule has 0 spiro atoms. The number of pyridine rings is 1. The zero-order valence-electron chi connectivity index (χ0n) is 9.99. The smallest absolute Gasteiger partial charge is 0.138 e. The number of nitrogens with zero attached hydrogens (tertiary/aromatic N) is 1. The second-order valence-electron chi connectivity index (χ2n) is 4.48. The van der Waals surface area contributed by atoms with Crippen molar-refractivity contribution in [2.75, 3.05) is 13.2 Å². The highest BCUT2D eigenvalue weighted by Gasteiger charge is 2.13. The van der Waals surface area contributed by atoms with E-state index in [9.17, 15) is 0 Å². The van der Waals surface area contributed by atoms with Crippen LogP contribution in [0.4, 0.5) is 0 Å². The Balaban J connectivity index is 1.56. The summed E-state index contributed by atoms with van der Waals surface area (Å²) in [6.07, 6.45) is 10.0. The first kappa shape index (κ1) is 12.8. The fourth-order valence-corrected chi connectivity index (χ4v) is 2.51. The van der Waals surface area contributed by atoms with Gasteiger partial charge in [0.1, 0.15) is 5.75 Å². The standard InChI is InChI=1S/C13H19BrN2O/c14-11-8-13(10-15-9-11)17-7-3-6-16-12-4-1-2-5-12/h8-10,12,16H,1-7H2. The van der Waals surface area contributed by atoms with Gasteiger partial charge in [-0.25, -0.2) is 0 Å². The molecule has 0 unspecified atom stereocenters. The van der Waals surface area contributed by atoms with Gasteiger partial charge in [-0.3, -0.25) is 4.98 Å². The molecule has 1 aliphatic rings. The second-order valence-corrected chi connectivity index (χ2v) is 5.39. The van der Waals surface area contributed by atoms with E-state index >= 15 is 0 Å². The third kappa shape index (κ3) is 4.64. The monoisotopic (exact) mass is 298 g/mol. The molecule has 17 heavy (non-hydrogen) atoms. The Bertz CT molecular complexity index is 340. The van der Waals surface area contributed by atoms with Crippen LogP contribution in [-0.4, -0.2) is 24.2 Å². The van der Waals surface area contributed by atoms with Gasteiger partial charge in [0.15, 0.2) is 0 Å². The summed E-state index contributed by atoms with van der Waals surface area (Å²) in [5.74, 6) is 0.834. The molecule has 1 aromatic rings. The molecule has 0 bridgehead atoms. The molecule has 2 rings (SSSR count). The van der Waals surface area contributed by atoms with Gasteiger partial charge >= 0.3 is 0 Å². The summed E-state index contributed by atoms with van der Waals surface area (Å²) in [5, 5.41) is 3.57. The molecule has 94 valence electrons. The molecule has 0 amide bonds. The van der Waals surface area contributed by atoms with Crippen molar-refractivity contribution in [3.8, 4) is 5.75 Å². The van der Waals surface area contributed by atoms with Crippen LogP contribution in [-0.2, 0) is 0 Å². The van der Waals surface area contributed by atoms with Crippen LogP contribution >= 0.6 is 15.9 Å². The quantitative estimate of drug-likeness (QED) is 0.819. The Morgan fingerprint density at radius 3 is 2.94 bits per heavy atom. The molecular weight excluding hydrogens is 280 g/mol. The summed E-state index contributed by atoms with van der Waals surface area (Å²) in [5.41, 5.74) is 0. The lowest BCUT2D eigenvalue weighted by Crippen LogP contribution is -2.27. The van der Waals surface area contributed by atoms with Crippen LogP contribution in [0.25, 0.3) is 0 Å². The second kappa shape index (κ2) is 6.97. The van der Waals surface area contributed by atoms with Gasteiger partial charge in [-0.2, -0.15) is 0 Å². The van der Waals surface area contributed by atoms with E-state index in [2.05, 4.69) is 26.2 Å². The van der Waals surface area contributed by atoms with Gasteiger partial charge in [0.05, 0.1) is 12.8 Å². The Kier molecular flexibility index (Phi) is 5.26. The molecule has 0 atom stereocenters. The zero-order valence-corrected chi connectivity index (χ0v) is 11.6. The number of rotatable bonds is 6. The van der Waals surface area contributed by atoms with Gasteiger partial charge in [0, 0.05) is 16.7 Å². The van der Waals surface area contributed by atoms with Crippen LogP contribution in [0, 0.1) is 0 Å². The van der Waals surface area contributed by atoms with Crippen LogP contribution in [0.2, 0.25) is 0 Å². The number of hydrogen-bond donors (Lipinski definition) is 1. The first-order chi connectivity index (χ1) is 8.34. The summed E-state index contributed by atoms with van der Waals surface area (Å²) < 4.78 is 6.58. The number of ether oxygens (including phenoxy) is 1. The summed E-state index contributed by atoms with van der Waals surface area (Å²) in [6.45, 7) is 1.80. The van der Waals surface area contributed by atoms with Gasteiger partial charge in [-0.1, -0.05) is 12.8 Å². The van der Waals surface area contributed by atoms with E-state index in [-0.39, 0.29) is 0 Å². The molecule has 0 aliphatic heterocycles. The minimum Gasteiger partial charge on any atom is -0.492 e. The van der Waals surface area contributed by atoms with Crippen molar-refractivity contribution in [3.05, 3.63) is 22.9 Å². The van der Waals surface area contributed by atoms with Gasteiger partial charge < -0.3 is 10.1 Å². The average molecular weight is 299 g/mol. The molecule has 1 aromatic heterocycles. The van der Waals surface area contributed by atoms with Crippen LogP contribution < -0.4 is 10.1 Å². The summed E-state index contributed by atoms with van der Waals surface area (Å²) >= 11 is 3.37. The predicted octanol–water partition coefficient (Wildman–Crippen LogP) is 3.15. The predicted molar refractivity (Wildman–Crippen MR) is 72.3 cm³/mol. The zero-order chi connectivity index (χ0) is 11.9. The van der Waals surface area contributed by atoms with Crippen molar-refractivity contribution in [2.45, 2.75) is 38.1 Å². The van der Waals surface area contributed by atoms with Crippen molar-refractivity contribution in [2.24, 2.45) is 0 Å². The molecule has 4 heteroatoms. The van der Waals surface area contributed by atoms with Crippen LogP contribution in [0.5, 0.6) is 5.75 Å². The minimum atomic E-state index is 0.748. The maximum atomic E-state index is 5.62. The van der Waals surface area contributed by atoms with Crippen LogP contribution in [0.15, 0.2) is 22.9 Å². The lowest BCUT2D eigenvalue weighted by molar-refractivity contribution is 0.303. The van der Waals surface area contributed by atoms with Crippen LogP contribution in [0.1, 0.15) is 32.1 Å². The van der Waals surface area contributed by atoms with Gasteiger partial charge in [0.2, 0.25) is 0 Å². The van der Waals surface area contributed by atoms with E-state index in [0.29, 0.717) is 0 Å². The maximum absolute atomic E-state index is 5.62. The lowest BCUT2D eigenvalue weighted by atomic mass is 10.2. The molecule has 1 aliphatic carbocycles. The molecule has 0 aromatic carbocycles. The highest BCUT2D eigenvalue weighted by atomic mass is 79.9.